The number of carbonyl (C=O) groups excluding carboxylic acids is 1. The van der Waals surface area contributed by atoms with Crippen LogP contribution in [0, 0.1) is 0 Å². The number of carbonyl (C=O) groups is 1. The maximum Gasteiger partial charge on any atom is 0.338 e. The highest BCUT2D eigenvalue weighted by atomic mass is 16.8. The van der Waals surface area contributed by atoms with E-state index in [1.54, 1.807) is 0 Å². The van der Waals surface area contributed by atoms with Gasteiger partial charge in [-0.15, -0.1) is 0 Å². The minimum absolute atomic E-state index is 0.00782. The maximum absolute atomic E-state index is 13.4. The summed E-state index contributed by atoms with van der Waals surface area (Å²) in [5, 5.41) is 223. The fraction of sp³-hybridized carbons (Fsp3) is 0.824. The molecule has 36 nitrogen and oxygen atoms in total. The van der Waals surface area contributed by atoms with Gasteiger partial charge in [-0.3, -0.25) is 0 Å². The average molecular weight is 1270 g/mol. The minimum Gasteiger partial charge on any atom is -0.459 e. The number of rotatable bonds is 10. The Morgan fingerprint density at radius 2 is 0.517 bits per heavy atom. The van der Waals surface area contributed by atoms with E-state index >= 15 is 0 Å². The fourth-order valence-electron chi connectivity index (χ4n) is 11.4. The Hall–Kier alpha value is -2.93. The molecule has 0 unspecified atom stereocenters. The van der Waals surface area contributed by atoms with Crippen molar-refractivity contribution in [3.63, 3.8) is 0 Å². The van der Waals surface area contributed by atoms with Gasteiger partial charge in [-0.05, 0) is 17.7 Å². The van der Waals surface area contributed by atoms with E-state index in [1.165, 1.54) is 30.3 Å². The van der Waals surface area contributed by atoms with Gasteiger partial charge in [0.15, 0.2) is 44.0 Å². The molecular formula is C51H76O36. The zero-order valence-electron chi connectivity index (χ0n) is 45.7. The van der Waals surface area contributed by atoms with E-state index in [4.69, 9.17) is 71.1 Å². The van der Waals surface area contributed by atoms with Crippen molar-refractivity contribution in [1.82, 2.24) is 0 Å². The molecule has 0 saturated carbocycles. The van der Waals surface area contributed by atoms with Gasteiger partial charge in [0.2, 0.25) is 0 Å². The monoisotopic (exact) mass is 1260 g/mol. The number of ether oxygens (including phenoxy) is 15. The summed E-state index contributed by atoms with van der Waals surface area (Å²) in [6.07, 6.45) is -70.3. The zero-order chi connectivity index (χ0) is 63.0. The molecule has 0 radical (unpaired) electrons. The summed E-state index contributed by atoms with van der Waals surface area (Å²) in [5.74, 6) is -0.986. The number of hydrogen-bond donors (Lipinski definition) is 20. The van der Waals surface area contributed by atoms with Gasteiger partial charge in [0.05, 0.1) is 45.2 Å². The lowest BCUT2D eigenvalue weighted by Gasteiger charge is -2.50. The van der Waals surface area contributed by atoms with Crippen LogP contribution in [-0.2, 0) is 71.1 Å². The highest BCUT2D eigenvalue weighted by Crippen LogP contribution is 2.39. The van der Waals surface area contributed by atoms with Crippen molar-refractivity contribution in [3.05, 3.63) is 42.0 Å². The third-order valence-electron chi connectivity index (χ3n) is 16.4. The van der Waals surface area contributed by atoms with E-state index in [9.17, 15) is 107 Å². The van der Waals surface area contributed by atoms with Crippen molar-refractivity contribution in [3.8, 4) is 0 Å². The standard InChI is InChI=1S/C51H76O36/c1-2-14-3-5-15(6-4-14)44(72)73-13-22-43-29(64)36(71)51(80-22)86-42-21(12-57)78-49(34(69)27(42)62)84-40-19(10-55)76-47(32(67)25(40)60)82-38-17(8-53)74-45(30(65)23(38)58)81-37-16(7-52)75-46(31(66)24(37)59)83-39-18(9-54)77-48(33(68)26(39)61)85-41-20(11-56)79-50(87-43)35(70)28(41)63/h2-6,16-43,45-71H,1,7-13H2/t16-,17-,18-,19-,20-,21-,22-,23-,24-,25-,26-,27-,28-,29-,30-,31-,32-,33-,34-,35-,36-,37-,38-,39-,40-,41-,42-,43-,45-,46-,47-,48-,49-,50-,51-/m1/s1. The molecule has 21 aliphatic rings. The Bertz CT molecular complexity index is 2330. The molecule has 22 rings (SSSR count). The van der Waals surface area contributed by atoms with Gasteiger partial charge in [0, 0.05) is 0 Å². The predicted octanol–water partition coefficient (Wildman–Crippen LogP) is -12.7. The van der Waals surface area contributed by atoms with E-state index in [-0.39, 0.29) is 5.56 Å². The number of aliphatic hydroxyl groups excluding tert-OH is 20. The fourth-order valence-corrected chi connectivity index (χ4v) is 11.4. The maximum atomic E-state index is 13.4. The smallest absolute Gasteiger partial charge is 0.338 e. The van der Waals surface area contributed by atoms with Crippen LogP contribution in [0.5, 0.6) is 0 Å². The second-order valence-electron chi connectivity index (χ2n) is 21.9. The van der Waals surface area contributed by atoms with Crippen molar-refractivity contribution in [1.29, 1.82) is 0 Å². The molecule has 87 heavy (non-hydrogen) atoms. The predicted molar refractivity (Wildman–Crippen MR) is 268 cm³/mol. The third kappa shape index (κ3) is 13.9. The Labute approximate surface area is 492 Å². The molecule has 0 amide bonds. The van der Waals surface area contributed by atoms with E-state index in [0.29, 0.717) is 5.56 Å². The third-order valence-corrected chi connectivity index (χ3v) is 16.4. The van der Waals surface area contributed by atoms with E-state index in [0.717, 1.165) is 0 Å². The minimum atomic E-state index is -2.29. The van der Waals surface area contributed by atoms with Gasteiger partial charge < -0.3 is 173 Å². The van der Waals surface area contributed by atoms with Crippen LogP contribution in [0.1, 0.15) is 15.9 Å². The first-order chi connectivity index (χ1) is 41.5. The summed E-state index contributed by atoms with van der Waals surface area (Å²) >= 11 is 0. The molecule has 0 aliphatic carbocycles. The number of hydrogen-bond acceptors (Lipinski definition) is 36. The molecule has 20 N–H and O–H groups in total. The number of aliphatic hydroxyl groups is 20. The second-order valence-corrected chi connectivity index (χ2v) is 21.9. The Balaban J connectivity index is 1.02. The molecule has 21 heterocycles. The quantitative estimate of drug-likeness (QED) is 0.0967. The van der Waals surface area contributed by atoms with Crippen LogP contribution in [0.15, 0.2) is 30.8 Å². The topological polar surface area (TPSA) is 560 Å². The lowest BCUT2D eigenvalue weighted by Crippen LogP contribution is -2.68. The van der Waals surface area contributed by atoms with Crippen LogP contribution < -0.4 is 0 Å². The molecule has 21 fully saturated rings. The van der Waals surface area contributed by atoms with E-state index in [2.05, 4.69) is 6.58 Å². The highest BCUT2D eigenvalue weighted by Gasteiger charge is 2.60. The Morgan fingerprint density at radius 3 is 0.713 bits per heavy atom. The van der Waals surface area contributed by atoms with Crippen LogP contribution in [0.4, 0.5) is 0 Å². The molecule has 496 valence electrons. The zero-order valence-corrected chi connectivity index (χ0v) is 45.7. The first-order valence-corrected chi connectivity index (χ1v) is 27.8. The summed E-state index contributed by atoms with van der Waals surface area (Å²) in [5.41, 5.74) is 0.619. The van der Waals surface area contributed by atoms with Gasteiger partial charge >= 0.3 is 5.97 Å². The molecule has 36 heteroatoms. The summed E-state index contributed by atoms with van der Waals surface area (Å²) in [7, 11) is 0. The van der Waals surface area contributed by atoms with Gasteiger partial charge in [-0.25, -0.2) is 4.79 Å². The lowest BCUT2D eigenvalue weighted by molar-refractivity contribution is -0.396. The van der Waals surface area contributed by atoms with Gasteiger partial charge in [0.25, 0.3) is 0 Å². The van der Waals surface area contributed by atoms with Gasteiger partial charge in [0.1, 0.15) is 178 Å². The molecule has 1 aromatic carbocycles. The number of benzene rings is 1. The van der Waals surface area contributed by atoms with E-state index in [1.807, 2.05) is 0 Å². The normalized spacial score (nSPS) is 50.2. The summed E-state index contributed by atoms with van der Waals surface area (Å²) < 4.78 is 86.3. The highest BCUT2D eigenvalue weighted by molar-refractivity contribution is 5.89. The van der Waals surface area contributed by atoms with Crippen LogP contribution >= 0.6 is 0 Å². The SMILES string of the molecule is C=Cc1ccc(C(=O)OC[C@H]2O[C@@H]3O[C@H]4[C@H](O)[C@@H](O)[C@@H](O[C@H]5[C@H](O)[C@@H](O)[C@@H](O[C@H]6[C@H](O)[C@@H](O)[C@@H](O[C@H]7[C@H](O)[C@@H](O)[C@@H](O[C@H]8[C@H](O)[C@@H](O)[C@@H](O[C@H]9[C@H](O)[C@@H](O)[C@@H](O[C@H]2[C@H](O)[C@H]3O)O[C@@H]9CO)O[C@@H]8CO)O[C@@H]7CO)O[C@@H]6CO)O[C@@H]5CO)O[C@@H]4CO)cc1. The number of esters is 1. The Kier molecular flexibility index (Phi) is 23.1. The summed E-state index contributed by atoms with van der Waals surface area (Å²) in [6, 6.07) is 5.82. The van der Waals surface area contributed by atoms with Crippen molar-refractivity contribution in [2.75, 3.05) is 46.2 Å². The van der Waals surface area contributed by atoms with Crippen molar-refractivity contribution in [2.45, 2.75) is 215 Å². The van der Waals surface area contributed by atoms with Crippen LogP contribution in [0.25, 0.3) is 6.08 Å². The molecule has 35 atom stereocenters. The van der Waals surface area contributed by atoms with Gasteiger partial charge in [-0.2, -0.15) is 0 Å². The molecule has 14 bridgehead atoms. The molecule has 1 aromatic rings. The van der Waals surface area contributed by atoms with Crippen LogP contribution in [0.2, 0.25) is 0 Å². The van der Waals surface area contributed by atoms with E-state index < -0.39 is 267 Å². The first-order valence-electron chi connectivity index (χ1n) is 27.8. The molecule has 0 aromatic heterocycles. The van der Waals surface area contributed by atoms with Gasteiger partial charge in [-0.1, -0.05) is 24.8 Å². The summed E-state index contributed by atoms with van der Waals surface area (Å²) in [4.78, 5) is 13.4. The van der Waals surface area contributed by atoms with Crippen molar-refractivity contribution >= 4 is 12.0 Å². The molecule has 21 saturated heterocycles. The largest absolute Gasteiger partial charge is 0.459 e. The first kappa shape index (κ1) is 68.4. The van der Waals surface area contributed by atoms with Crippen molar-refractivity contribution < 1.29 is 178 Å². The second kappa shape index (κ2) is 29.4. The molecule has 0 spiro atoms. The Morgan fingerprint density at radius 1 is 0.322 bits per heavy atom. The molecular weight excluding hydrogens is 1190 g/mol. The van der Waals surface area contributed by atoms with Crippen molar-refractivity contribution in [2.24, 2.45) is 0 Å². The van der Waals surface area contributed by atoms with Crippen LogP contribution in [-0.4, -0.2) is 369 Å². The average Bonchev–Trinajstić information content (AvgIpc) is 2.19. The lowest BCUT2D eigenvalue weighted by atomic mass is 9.95. The molecule has 21 aliphatic heterocycles. The van der Waals surface area contributed by atoms with Crippen LogP contribution in [0.3, 0.4) is 0 Å². The summed E-state index contributed by atoms with van der Waals surface area (Å²) in [6.45, 7) is -3.67.